The number of nitrogens with two attached hydrogens (primary N) is 1. The second-order valence-corrected chi connectivity index (χ2v) is 3.53. The smallest absolute Gasteiger partial charge is 0.399 e. The normalized spacial score (nSPS) is 11.2. The van der Waals surface area contributed by atoms with Gasteiger partial charge < -0.3 is 9.92 Å². The Kier molecular flexibility index (Phi) is 2.63. The predicted molar refractivity (Wildman–Crippen MR) is 46.5 cm³/mol. The fourth-order valence-corrected chi connectivity index (χ4v) is 1.33. The number of hydrogen-bond acceptors (Lipinski definition) is 4. The van der Waals surface area contributed by atoms with E-state index >= 15 is 0 Å². The first kappa shape index (κ1) is 10.1. The lowest BCUT2D eigenvalue weighted by Crippen LogP contribution is -2.01. The van der Waals surface area contributed by atoms with E-state index in [0.717, 1.165) is 6.07 Å². The van der Waals surface area contributed by atoms with E-state index in [0.29, 0.717) is 5.69 Å². The van der Waals surface area contributed by atoms with Crippen LogP contribution in [0, 0.1) is 0 Å². The molecule has 0 atom stereocenters. The fourth-order valence-electron chi connectivity index (χ4n) is 0.692. The monoisotopic (exact) mass is 225 g/mol. The average molecular weight is 226 g/mol. The van der Waals surface area contributed by atoms with Crippen LogP contribution in [0.1, 0.15) is 0 Å². The van der Waals surface area contributed by atoms with E-state index in [1.165, 1.54) is 12.1 Å². The number of rotatable bonds is 2. The molecule has 72 valence electrons. The Morgan fingerprint density at radius 3 is 2.54 bits per heavy atom. The van der Waals surface area contributed by atoms with Crippen LogP contribution < -0.4 is 9.92 Å². The zero-order valence-corrected chi connectivity index (χ0v) is 7.77. The number of nitrogen functional groups attached to an aromatic ring is 1. The van der Waals surface area contributed by atoms with Crippen molar-refractivity contribution in [1.82, 2.24) is 0 Å². The van der Waals surface area contributed by atoms with Gasteiger partial charge in [-0.1, -0.05) is 15.5 Å². The van der Waals surface area contributed by atoms with Gasteiger partial charge in [0.25, 0.3) is 0 Å². The minimum atomic E-state index is -5.04. The fraction of sp³-hybridized carbons (Fsp3) is 0. The van der Waals surface area contributed by atoms with Crippen molar-refractivity contribution >= 4 is 27.8 Å². The number of hydrogen-bond donors (Lipinski definition) is 1. The molecule has 0 spiro atoms. The molecule has 13 heavy (non-hydrogen) atoms. The molecule has 0 saturated carbocycles. The highest BCUT2D eigenvalue weighted by Gasteiger charge is 2.12. The predicted octanol–water partition coefficient (Wildman–Crippen LogP) is 1.52. The summed E-state index contributed by atoms with van der Waals surface area (Å²) >= 11 is 5.50. The minimum Gasteiger partial charge on any atom is -0.399 e. The van der Waals surface area contributed by atoms with Gasteiger partial charge in [0, 0.05) is 5.69 Å². The summed E-state index contributed by atoms with van der Waals surface area (Å²) in [6.45, 7) is 0. The quantitative estimate of drug-likeness (QED) is 0.612. The van der Waals surface area contributed by atoms with Gasteiger partial charge in [-0.05, 0) is 18.2 Å². The third-order valence-electron chi connectivity index (χ3n) is 1.15. The molecule has 0 bridgehead atoms. The molecule has 0 saturated heterocycles. The summed E-state index contributed by atoms with van der Waals surface area (Å²) in [6, 6.07) is 3.75. The molecule has 0 aromatic heterocycles. The molecular weight excluding hydrogens is 221 g/mol. The standard InChI is InChI=1S/C6H5ClFNO3S/c7-5-3-4(9)1-2-6(5)12-13(8,10)11/h1-3H,9H2. The Morgan fingerprint density at radius 2 is 2.08 bits per heavy atom. The van der Waals surface area contributed by atoms with E-state index in [4.69, 9.17) is 17.3 Å². The lowest BCUT2D eigenvalue weighted by molar-refractivity contribution is 0.440. The Morgan fingerprint density at radius 1 is 1.46 bits per heavy atom. The van der Waals surface area contributed by atoms with Gasteiger partial charge in [-0.15, -0.1) is 0 Å². The zero-order chi connectivity index (χ0) is 10.1. The van der Waals surface area contributed by atoms with Crippen LogP contribution >= 0.6 is 11.6 Å². The zero-order valence-electron chi connectivity index (χ0n) is 6.20. The molecule has 0 aliphatic rings. The minimum absolute atomic E-state index is 0.0683. The topological polar surface area (TPSA) is 69.4 Å². The van der Waals surface area contributed by atoms with E-state index in [1.807, 2.05) is 0 Å². The van der Waals surface area contributed by atoms with Gasteiger partial charge in [-0.25, -0.2) is 0 Å². The van der Waals surface area contributed by atoms with Crippen molar-refractivity contribution in [3.63, 3.8) is 0 Å². The molecule has 1 aromatic carbocycles. The van der Waals surface area contributed by atoms with Crippen LogP contribution in [0.15, 0.2) is 18.2 Å². The molecule has 7 heteroatoms. The highest BCUT2D eigenvalue weighted by molar-refractivity contribution is 7.81. The summed E-state index contributed by atoms with van der Waals surface area (Å²) in [5.41, 5.74) is 5.64. The molecular formula is C6H5ClFNO3S. The maximum Gasteiger partial charge on any atom is 0.488 e. The first-order valence-electron chi connectivity index (χ1n) is 3.07. The SMILES string of the molecule is Nc1ccc(OS(=O)(=O)F)c(Cl)c1. The summed E-state index contributed by atoms with van der Waals surface area (Å²) in [7, 11) is -5.04. The molecule has 0 amide bonds. The van der Waals surface area contributed by atoms with Crippen molar-refractivity contribution in [2.24, 2.45) is 0 Å². The second kappa shape index (κ2) is 3.39. The summed E-state index contributed by atoms with van der Waals surface area (Å²) in [5.74, 6) is -0.293. The summed E-state index contributed by atoms with van der Waals surface area (Å²) in [6.07, 6.45) is 0. The Balaban J connectivity index is 3.04. The van der Waals surface area contributed by atoms with E-state index < -0.39 is 10.5 Å². The van der Waals surface area contributed by atoms with Crippen LogP contribution in [-0.4, -0.2) is 8.42 Å². The Labute approximate surface area is 79.5 Å². The van der Waals surface area contributed by atoms with Crippen molar-refractivity contribution in [1.29, 1.82) is 0 Å². The van der Waals surface area contributed by atoms with Crippen molar-refractivity contribution in [3.05, 3.63) is 23.2 Å². The van der Waals surface area contributed by atoms with Gasteiger partial charge >= 0.3 is 10.5 Å². The van der Waals surface area contributed by atoms with Gasteiger partial charge in [-0.2, -0.15) is 8.42 Å². The highest BCUT2D eigenvalue weighted by Crippen LogP contribution is 2.27. The molecule has 2 N–H and O–H groups in total. The Bertz CT molecular complexity index is 420. The Hall–Kier alpha value is -1.01. The maximum absolute atomic E-state index is 12.0. The van der Waals surface area contributed by atoms with Crippen LogP contribution in [0.25, 0.3) is 0 Å². The largest absolute Gasteiger partial charge is 0.488 e. The summed E-state index contributed by atoms with van der Waals surface area (Å²) < 4.78 is 36.0. The molecule has 0 unspecified atom stereocenters. The maximum atomic E-state index is 12.0. The van der Waals surface area contributed by atoms with Crippen LogP contribution in [0.3, 0.4) is 0 Å². The molecule has 4 nitrogen and oxygen atoms in total. The molecule has 0 heterocycles. The van der Waals surface area contributed by atoms with Crippen LogP contribution in [-0.2, 0) is 10.5 Å². The van der Waals surface area contributed by atoms with E-state index in [9.17, 15) is 12.3 Å². The molecule has 1 aromatic rings. The summed E-state index contributed by atoms with van der Waals surface area (Å²) in [4.78, 5) is 0. The highest BCUT2D eigenvalue weighted by atomic mass is 35.5. The van der Waals surface area contributed by atoms with Crippen molar-refractivity contribution in [2.45, 2.75) is 0 Å². The van der Waals surface area contributed by atoms with Crippen LogP contribution in [0.2, 0.25) is 5.02 Å². The van der Waals surface area contributed by atoms with Crippen LogP contribution in [0.5, 0.6) is 5.75 Å². The second-order valence-electron chi connectivity index (χ2n) is 2.17. The molecule has 0 radical (unpaired) electrons. The van der Waals surface area contributed by atoms with E-state index in [2.05, 4.69) is 4.18 Å². The molecule has 0 fully saturated rings. The van der Waals surface area contributed by atoms with Crippen molar-refractivity contribution in [3.8, 4) is 5.75 Å². The third kappa shape index (κ3) is 3.08. The number of benzene rings is 1. The molecule has 1 rings (SSSR count). The van der Waals surface area contributed by atoms with Gasteiger partial charge in [-0.3, -0.25) is 0 Å². The summed E-state index contributed by atoms with van der Waals surface area (Å²) in [5, 5.41) is -0.0683. The van der Waals surface area contributed by atoms with Gasteiger partial charge in [0.2, 0.25) is 0 Å². The first-order chi connectivity index (χ1) is 5.88. The van der Waals surface area contributed by atoms with Gasteiger partial charge in [0.05, 0.1) is 5.02 Å². The van der Waals surface area contributed by atoms with Gasteiger partial charge in [0.15, 0.2) is 5.75 Å². The average Bonchev–Trinajstić information content (AvgIpc) is 1.93. The lowest BCUT2D eigenvalue weighted by atomic mass is 10.3. The van der Waals surface area contributed by atoms with Crippen LogP contribution in [0.4, 0.5) is 9.57 Å². The molecule has 0 aliphatic heterocycles. The van der Waals surface area contributed by atoms with E-state index in [-0.39, 0.29) is 10.8 Å². The number of halogens is 2. The third-order valence-corrected chi connectivity index (χ3v) is 1.82. The molecule has 0 aliphatic carbocycles. The number of anilines is 1. The van der Waals surface area contributed by atoms with Crippen molar-refractivity contribution in [2.75, 3.05) is 5.73 Å². The first-order valence-corrected chi connectivity index (χ1v) is 4.76. The lowest BCUT2D eigenvalue weighted by Gasteiger charge is -2.02. The van der Waals surface area contributed by atoms with Gasteiger partial charge in [0.1, 0.15) is 0 Å². The van der Waals surface area contributed by atoms with E-state index in [1.54, 1.807) is 0 Å². The van der Waals surface area contributed by atoms with Crippen molar-refractivity contribution < 1.29 is 16.5 Å².